The van der Waals surface area contributed by atoms with Crippen molar-refractivity contribution in [2.75, 3.05) is 0 Å². The zero-order valence-corrected chi connectivity index (χ0v) is 7.98. The summed E-state index contributed by atoms with van der Waals surface area (Å²) in [6.07, 6.45) is 1.23. The Labute approximate surface area is 79.4 Å². The minimum absolute atomic E-state index is 0.165. The molecule has 0 aliphatic carbocycles. The van der Waals surface area contributed by atoms with Gasteiger partial charge in [-0.05, 0) is 25.3 Å². The molecule has 72 valence electrons. The number of rotatable bonds is 4. The normalized spacial score (nSPS) is 15.3. The standard InChI is InChI=1S/C11H17NO/c1-9(12)7-8-11(13)10-5-3-2-4-6-10/h2-6,9,11,13H,7-8,12H2,1H3. The van der Waals surface area contributed by atoms with Crippen LogP contribution in [0.25, 0.3) is 0 Å². The molecule has 2 atom stereocenters. The number of aliphatic hydroxyl groups excluding tert-OH is 1. The molecule has 0 spiro atoms. The molecule has 0 amide bonds. The van der Waals surface area contributed by atoms with Gasteiger partial charge < -0.3 is 10.8 Å². The van der Waals surface area contributed by atoms with E-state index in [0.29, 0.717) is 0 Å². The van der Waals surface area contributed by atoms with Gasteiger partial charge in [0.05, 0.1) is 6.10 Å². The fourth-order valence-electron chi connectivity index (χ4n) is 1.26. The van der Waals surface area contributed by atoms with Crippen molar-refractivity contribution in [1.82, 2.24) is 0 Å². The highest BCUT2D eigenvalue weighted by atomic mass is 16.3. The molecule has 2 unspecified atom stereocenters. The fraction of sp³-hybridized carbons (Fsp3) is 0.455. The van der Waals surface area contributed by atoms with Gasteiger partial charge in [0, 0.05) is 6.04 Å². The lowest BCUT2D eigenvalue weighted by Gasteiger charge is -2.11. The molecule has 0 radical (unpaired) electrons. The molecular weight excluding hydrogens is 162 g/mol. The van der Waals surface area contributed by atoms with Gasteiger partial charge in [-0.1, -0.05) is 30.3 Å². The van der Waals surface area contributed by atoms with Crippen molar-refractivity contribution in [2.24, 2.45) is 5.73 Å². The molecule has 0 saturated heterocycles. The van der Waals surface area contributed by atoms with Crippen molar-refractivity contribution in [3.8, 4) is 0 Å². The van der Waals surface area contributed by atoms with Crippen LogP contribution in [0.1, 0.15) is 31.4 Å². The van der Waals surface area contributed by atoms with Crippen LogP contribution in [-0.2, 0) is 0 Å². The lowest BCUT2D eigenvalue weighted by atomic mass is 10.0. The van der Waals surface area contributed by atoms with Gasteiger partial charge in [0.15, 0.2) is 0 Å². The first-order valence-corrected chi connectivity index (χ1v) is 4.68. The van der Waals surface area contributed by atoms with Crippen LogP contribution in [0.5, 0.6) is 0 Å². The number of aliphatic hydroxyl groups is 1. The van der Waals surface area contributed by atoms with Crippen molar-refractivity contribution in [3.05, 3.63) is 35.9 Å². The number of benzene rings is 1. The zero-order chi connectivity index (χ0) is 9.68. The minimum Gasteiger partial charge on any atom is -0.388 e. The van der Waals surface area contributed by atoms with E-state index in [1.807, 2.05) is 37.3 Å². The smallest absolute Gasteiger partial charge is 0.0790 e. The number of hydrogen-bond donors (Lipinski definition) is 2. The largest absolute Gasteiger partial charge is 0.388 e. The molecular formula is C11H17NO. The second-order valence-corrected chi connectivity index (χ2v) is 3.48. The summed E-state index contributed by atoms with van der Waals surface area (Å²) in [7, 11) is 0. The van der Waals surface area contributed by atoms with Crippen molar-refractivity contribution in [2.45, 2.75) is 31.9 Å². The van der Waals surface area contributed by atoms with Crippen LogP contribution in [0.3, 0.4) is 0 Å². The van der Waals surface area contributed by atoms with Crippen LogP contribution in [-0.4, -0.2) is 11.1 Å². The third-order valence-corrected chi connectivity index (χ3v) is 2.08. The maximum atomic E-state index is 9.71. The Kier molecular flexibility index (Phi) is 3.93. The summed E-state index contributed by atoms with van der Waals surface area (Å²) in [5.41, 5.74) is 6.58. The summed E-state index contributed by atoms with van der Waals surface area (Å²) in [5, 5.41) is 9.71. The van der Waals surface area contributed by atoms with Gasteiger partial charge >= 0.3 is 0 Å². The van der Waals surface area contributed by atoms with E-state index < -0.39 is 0 Å². The van der Waals surface area contributed by atoms with E-state index in [4.69, 9.17) is 5.73 Å². The second kappa shape index (κ2) is 5.00. The van der Waals surface area contributed by atoms with Crippen LogP contribution in [0.4, 0.5) is 0 Å². The van der Waals surface area contributed by atoms with E-state index in [0.717, 1.165) is 18.4 Å². The summed E-state index contributed by atoms with van der Waals surface area (Å²) in [4.78, 5) is 0. The Morgan fingerprint density at radius 1 is 1.23 bits per heavy atom. The predicted molar refractivity (Wildman–Crippen MR) is 54.3 cm³/mol. The maximum absolute atomic E-state index is 9.71. The van der Waals surface area contributed by atoms with Crippen LogP contribution in [0, 0.1) is 0 Å². The Balaban J connectivity index is 2.44. The highest BCUT2D eigenvalue weighted by molar-refractivity contribution is 5.17. The predicted octanol–water partition coefficient (Wildman–Crippen LogP) is 1.85. The first-order valence-electron chi connectivity index (χ1n) is 4.68. The quantitative estimate of drug-likeness (QED) is 0.741. The van der Waals surface area contributed by atoms with E-state index in [1.165, 1.54) is 0 Å². The molecule has 0 aliphatic heterocycles. The van der Waals surface area contributed by atoms with Gasteiger partial charge in [0.1, 0.15) is 0 Å². The highest BCUT2D eigenvalue weighted by Crippen LogP contribution is 2.17. The summed E-state index contributed by atoms with van der Waals surface area (Å²) >= 11 is 0. The molecule has 1 aromatic rings. The maximum Gasteiger partial charge on any atom is 0.0790 e. The topological polar surface area (TPSA) is 46.2 Å². The van der Waals surface area contributed by atoms with Crippen LogP contribution in [0.15, 0.2) is 30.3 Å². The molecule has 1 aromatic carbocycles. The molecule has 3 N–H and O–H groups in total. The van der Waals surface area contributed by atoms with Crippen LogP contribution < -0.4 is 5.73 Å². The van der Waals surface area contributed by atoms with Crippen molar-refractivity contribution < 1.29 is 5.11 Å². The summed E-state index contributed by atoms with van der Waals surface area (Å²) in [6, 6.07) is 9.85. The van der Waals surface area contributed by atoms with E-state index in [9.17, 15) is 5.11 Å². The van der Waals surface area contributed by atoms with E-state index in [2.05, 4.69) is 0 Å². The van der Waals surface area contributed by atoms with Gasteiger partial charge in [-0.25, -0.2) is 0 Å². The third-order valence-electron chi connectivity index (χ3n) is 2.08. The Hall–Kier alpha value is -0.860. The molecule has 0 aliphatic rings. The van der Waals surface area contributed by atoms with E-state index in [-0.39, 0.29) is 12.1 Å². The fourth-order valence-corrected chi connectivity index (χ4v) is 1.26. The molecule has 2 nitrogen and oxygen atoms in total. The first kappa shape index (κ1) is 10.2. The van der Waals surface area contributed by atoms with Crippen LogP contribution >= 0.6 is 0 Å². The van der Waals surface area contributed by atoms with Gasteiger partial charge in [-0.3, -0.25) is 0 Å². The lowest BCUT2D eigenvalue weighted by Crippen LogP contribution is -2.15. The molecule has 0 fully saturated rings. The first-order chi connectivity index (χ1) is 6.20. The van der Waals surface area contributed by atoms with E-state index in [1.54, 1.807) is 0 Å². The monoisotopic (exact) mass is 179 g/mol. The van der Waals surface area contributed by atoms with Gasteiger partial charge in [-0.15, -0.1) is 0 Å². The summed E-state index contributed by atoms with van der Waals surface area (Å²) < 4.78 is 0. The molecule has 0 heterocycles. The van der Waals surface area contributed by atoms with Crippen molar-refractivity contribution >= 4 is 0 Å². The van der Waals surface area contributed by atoms with Crippen molar-refractivity contribution in [3.63, 3.8) is 0 Å². The zero-order valence-electron chi connectivity index (χ0n) is 7.98. The molecule has 13 heavy (non-hydrogen) atoms. The van der Waals surface area contributed by atoms with Gasteiger partial charge in [-0.2, -0.15) is 0 Å². The lowest BCUT2D eigenvalue weighted by molar-refractivity contribution is 0.162. The Morgan fingerprint density at radius 3 is 2.38 bits per heavy atom. The second-order valence-electron chi connectivity index (χ2n) is 3.48. The average molecular weight is 179 g/mol. The molecule has 0 bridgehead atoms. The SMILES string of the molecule is CC(N)CCC(O)c1ccccc1. The summed E-state index contributed by atoms with van der Waals surface area (Å²) in [6.45, 7) is 1.96. The minimum atomic E-state index is -0.368. The van der Waals surface area contributed by atoms with Crippen molar-refractivity contribution in [1.29, 1.82) is 0 Å². The average Bonchev–Trinajstić information content (AvgIpc) is 2.15. The molecule has 2 heteroatoms. The van der Waals surface area contributed by atoms with Gasteiger partial charge in [0.2, 0.25) is 0 Å². The van der Waals surface area contributed by atoms with E-state index >= 15 is 0 Å². The third kappa shape index (κ3) is 3.57. The summed E-state index contributed by atoms with van der Waals surface area (Å²) in [5.74, 6) is 0. The number of nitrogens with two attached hydrogens (primary N) is 1. The number of hydrogen-bond acceptors (Lipinski definition) is 2. The van der Waals surface area contributed by atoms with Gasteiger partial charge in [0.25, 0.3) is 0 Å². The Morgan fingerprint density at radius 2 is 1.85 bits per heavy atom. The molecule has 0 aromatic heterocycles. The molecule has 1 rings (SSSR count). The molecule has 0 saturated carbocycles. The Bertz CT molecular complexity index is 233. The highest BCUT2D eigenvalue weighted by Gasteiger charge is 2.06. The van der Waals surface area contributed by atoms with Crippen LogP contribution in [0.2, 0.25) is 0 Å².